The molecule has 5 aromatic rings. The van der Waals surface area contributed by atoms with E-state index in [1.807, 2.05) is 91.0 Å². The molecule has 3 aromatic carbocycles. The Morgan fingerprint density at radius 3 is 1.89 bits per heavy atom. The van der Waals surface area contributed by atoms with Crippen LogP contribution in [0.1, 0.15) is 92.1 Å². The molecule has 0 aliphatic heterocycles. The number of hydrogen-bond donors (Lipinski definition) is 3. The lowest BCUT2D eigenvalue weighted by molar-refractivity contribution is -0.160. The average Bonchev–Trinajstić information content (AvgIpc) is 4.13. The van der Waals surface area contributed by atoms with Crippen molar-refractivity contribution in [2.45, 2.75) is 122 Å². The van der Waals surface area contributed by atoms with Crippen LogP contribution in [0.5, 0.6) is 0 Å². The molecule has 0 bridgehead atoms. The van der Waals surface area contributed by atoms with E-state index in [4.69, 9.17) is 14.2 Å². The fourth-order valence-electron chi connectivity index (χ4n) is 8.45. The van der Waals surface area contributed by atoms with E-state index in [-0.39, 0.29) is 43.8 Å². The Kier molecular flexibility index (Phi) is 16.4. The van der Waals surface area contributed by atoms with Gasteiger partial charge in [-0.15, -0.1) is 0 Å². The van der Waals surface area contributed by atoms with Crippen molar-refractivity contribution >= 4 is 23.6 Å². The van der Waals surface area contributed by atoms with E-state index in [2.05, 4.69) is 20.6 Å². The summed E-state index contributed by atoms with van der Waals surface area (Å²) in [5, 5.41) is 17.8. The molecule has 332 valence electrons. The summed E-state index contributed by atoms with van der Waals surface area (Å²) >= 11 is 0. The van der Waals surface area contributed by atoms with Crippen molar-refractivity contribution in [3.8, 4) is 0 Å². The van der Waals surface area contributed by atoms with Gasteiger partial charge >= 0.3 is 5.97 Å². The Morgan fingerprint density at radius 2 is 1.25 bits per heavy atom. The lowest BCUT2D eigenvalue weighted by Gasteiger charge is -2.30. The van der Waals surface area contributed by atoms with Crippen molar-refractivity contribution in [3.63, 3.8) is 0 Å². The summed E-state index contributed by atoms with van der Waals surface area (Å²) in [7, 11) is 0. The molecule has 2 aromatic heterocycles. The highest BCUT2D eigenvalue weighted by Gasteiger charge is 2.39. The van der Waals surface area contributed by atoms with Gasteiger partial charge in [0.2, 0.25) is 5.91 Å². The minimum Gasteiger partial charge on any atom is -0.452 e. The van der Waals surface area contributed by atoms with Crippen LogP contribution in [0.4, 0.5) is 0 Å². The number of ketones is 1. The maximum atomic E-state index is 14.8. The van der Waals surface area contributed by atoms with E-state index in [0.717, 1.165) is 48.8 Å². The molecule has 4 atom stereocenters. The van der Waals surface area contributed by atoms with Crippen LogP contribution in [0.2, 0.25) is 0 Å². The molecule has 2 saturated carbocycles. The normalized spacial score (nSPS) is 16.5. The minimum atomic E-state index is -1.55. The first kappa shape index (κ1) is 45.1. The predicted molar refractivity (Wildman–Crippen MR) is 233 cm³/mol. The number of nitrogens with one attached hydrogen (secondary N) is 2. The predicted octanol–water partition coefficient (Wildman–Crippen LogP) is 6.17. The smallest absolute Gasteiger partial charge is 0.309 e. The molecule has 0 saturated heterocycles. The number of carbonyl (C=O) groups is 4. The lowest BCUT2D eigenvalue weighted by atomic mass is 9.82. The summed E-state index contributed by atoms with van der Waals surface area (Å²) in [6, 6.07) is 25.9. The first-order valence-electron chi connectivity index (χ1n) is 22.1. The third kappa shape index (κ3) is 12.8. The molecule has 0 spiro atoms. The van der Waals surface area contributed by atoms with E-state index in [1.165, 1.54) is 6.20 Å². The third-order valence-electron chi connectivity index (χ3n) is 12.0. The number of Topliss-reactive ketones (excluding diaryl/α,β-unsaturated/α-hetero) is 1. The van der Waals surface area contributed by atoms with Crippen LogP contribution < -0.4 is 10.6 Å². The highest BCUT2D eigenvalue weighted by molar-refractivity contribution is 5.95. The number of benzene rings is 3. The van der Waals surface area contributed by atoms with Crippen molar-refractivity contribution < 1.29 is 38.5 Å². The zero-order valence-corrected chi connectivity index (χ0v) is 35.6. The van der Waals surface area contributed by atoms with Crippen molar-refractivity contribution in [1.29, 1.82) is 0 Å². The number of aromatic nitrogens is 4. The number of aliphatic hydroxyl groups excluding tert-OH is 1. The topological polar surface area (TPSA) is 176 Å². The Hall–Kier alpha value is -5.96. The van der Waals surface area contributed by atoms with Crippen LogP contribution in [0, 0.1) is 11.8 Å². The van der Waals surface area contributed by atoms with Gasteiger partial charge in [-0.25, -0.2) is 9.97 Å². The molecule has 3 N–H and O–H groups in total. The number of rotatable bonds is 22. The van der Waals surface area contributed by atoms with Gasteiger partial charge in [0.25, 0.3) is 5.91 Å². The van der Waals surface area contributed by atoms with Crippen LogP contribution >= 0.6 is 0 Å². The van der Waals surface area contributed by atoms with E-state index in [1.54, 1.807) is 27.9 Å². The van der Waals surface area contributed by atoms with E-state index < -0.39 is 48.0 Å². The number of amides is 2. The van der Waals surface area contributed by atoms with Crippen molar-refractivity contribution in [2.75, 3.05) is 0 Å². The zero-order valence-electron chi connectivity index (χ0n) is 35.6. The van der Waals surface area contributed by atoms with E-state index in [0.29, 0.717) is 44.6 Å². The summed E-state index contributed by atoms with van der Waals surface area (Å²) in [6.45, 7) is 0.796. The molecule has 14 heteroatoms. The molecule has 63 heavy (non-hydrogen) atoms. The van der Waals surface area contributed by atoms with Crippen molar-refractivity contribution in [1.82, 2.24) is 29.7 Å². The SMILES string of the molecule is O=C(O[C@@H](Cc1ccccc1)C(=O)N[C@@H](Cc1cncn1COCc1ccccc1)C(=O)N[C@H](C(=O)C1CCCCC1)[C@@H](O)c1nccn1COCc1ccccc1)C1CCCC1. The lowest BCUT2D eigenvalue weighted by Crippen LogP contribution is -2.57. The zero-order chi connectivity index (χ0) is 43.8. The molecule has 2 fully saturated rings. The second-order valence-corrected chi connectivity index (χ2v) is 16.6. The largest absolute Gasteiger partial charge is 0.452 e. The Balaban J connectivity index is 1.14. The van der Waals surface area contributed by atoms with Crippen molar-refractivity contribution in [2.24, 2.45) is 11.8 Å². The number of hydrogen-bond acceptors (Lipinski definition) is 10. The van der Waals surface area contributed by atoms with Gasteiger partial charge in [0, 0.05) is 43.0 Å². The highest BCUT2D eigenvalue weighted by atomic mass is 16.5. The molecule has 2 amide bonds. The number of ether oxygens (including phenoxy) is 3. The molecule has 0 unspecified atom stereocenters. The van der Waals surface area contributed by atoms with Gasteiger partial charge in [0.05, 0.1) is 25.5 Å². The number of esters is 1. The van der Waals surface area contributed by atoms with Gasteiger partial charge in [-0.2, -0.15) is 0 Å². The van der Waals surface area contributed by atoms with Gasteiger partial charge in [-0.05, 0) is 42.4 Å². The monoisotopic (exact) mass is 858 g/mol. The van der Waals surface area contributed by atoms with Crippen LogP contribution in [-0.4, -0.2) is 66.0 Å². The summed E-state index contributed by atoms with van der Waals surface area (Å²) in [5.74, 6) is -2.68. The summed E-state index contributed by atoms with van der Waals surface area (Å²) in [4.78, 5) is 65.9. The maximum Gasteiger partial charge on any atom is 0.309 e. The Bertz CT molecular complexity index is 2200. The first-order chi connectivity index (χ1) is 30.8. The highest BCUT2D eigenvalue weighted by Crippen LogP contribution is 2.29. The van der Waals surface area contributed by atoms with E-state index >= 15 is 0 Å². The van der Waals surface area contributed by atoms with Gasteiger partial charge in [-0.3, -0.25) is 19.2 Å². The number of carbonyl (C=O) groups excluding carboxylic acids is 4. The number of aliphatic hydroxyl groups is 1. The molecular formula is C49H58N6O8. The standard InChI is InChI=1S/C49H58N6O8/c56-44(38-21-11-4-12-22-38)43(45(57)46-51-25-26-54(46)33-61-30-36-17-7-2-8-18-36)53-47(58)41(28-40-29-50-32-55(40)34-62-31-37-19-9-3-10-20-37)52-48(59)42(27-35-15-5-1-6-16-35)63-49(60)39-23-13-14-24-39/h1-3,5-10,15-20,25-26,29,32,38-39,41-43,45,57H,4,11-14,21-24,27-28,30-31,33-34H2,(H,52,59)(H,53,58)/t41-,42-,43+,45+/m0/s1. The van der Waals surface area contributed by atoms with Gasteiger partial charge < -0.3 is 39.1 Å². The second kappa shape index (κ2) is 22.9. The molecular weight excluding hydrogens is 801 g/mol. The summed E-state index contributed by atoms with van der Waals surface area (Å²) in [5.41, 5.74) is 3.29. The first-order valence-corrected chi connectivity index (χ1v) is 22.1. The molecule has 7 rings (SSSR count). The van der Waals surface area contributed by atoms with Crippen LogP contribution in [-0.2, 0) is 72.9 Å². The van der Waals surface area contributed by atoms with Crippen molar-refractivity contribution in [3.05, 3.63) is 144 Å². The third-order valence-corrected chi connectivity index (χ3v) is 12.0. The Labute approximate surface area is 368 Å². The molecule has 0 radical (unpaired) electrons. The number of imidazole rings is 2. The second-order valence-electron chi connectivity index (χ2n) is 16.6. The van der Waals surface area contributed by atoms with Gasteiger partial charge in [0.1, 0.15) is 37.5 Å². The quantitative estimate of drug-likeness (QED) is 0.0683. The van der Waals surface area contributed by atoms with Gasteiger partial charge in [-0.1, -0.05) is 123 Å². The number of nitrogens with zero attached hydrogens (tertiary/aromatic N) is 4. The van der Waals surface area contributed by atoms with Crippen LogP contribution in [0.3, 0.4) is 0 Å². The van der Waals surface area contributed by atoms with Crippen LogP contribution in [0.25, 0.3) is 0 Å². The summed E-state index contributed by atoms with van der Waals surface area (Å²) < 4.78 is 21.3. The fourth-order valence-corrected chi connectivity index (χ4v) is 8.45. The summed E-state index contributed by atoms with van der Waals surface area (Å²) in [6.07, 6.45) is 10.7. The molecule has 2 heterocycles. The average molecular weight is 859 g/mol. The molecule has 14 nitrogen and oxygen atoms in total. The molecule has 2 aliphatic carbocycles. The molecule has 2 aliphatic rings. The fraction of sp³-hybridized carbons (Fsp3) is 0.429. The minimum absolute atomic E-state index is 0.0387. The van der Waals surface area contributed by atoms with E-state index in [9.17, 15) is 24.3 Å². The maximum absolute atomic E-state index is 14.8. The van der Waals surface area contributed by atoms with Crippen LogP contribution in [0.15, 0.2) is 116 Å². The van der Waals surface area contributed by atoms with Gasteiger partial charge in [0.15, 0.2) is 11.9 Å². The Morgan fingerprint density at radius 1 is 0.683 bits per heavy atom.